The lowest BCUT2D eigenvalue weighted by atomic mass is 10.2. The highest BCUT2D eigenvalue weighted by Gasteiger charge is 2.17. The van der Waals surface area contributed by atoms with Crippen molar-refractivity contribution >= 4 is 21.6 Å². The molecule has 1 atom stereocenters. The maximum atomic E-state index is 12.0. The molecule has 1 aromatic carbocycles. The normalized spacial score (nSPS) is 13.0. The molecule has 1 heterocycles. The average molecular weight is 352 g/mol. The van der Waals surface area contributed by atoms with Gasteiger partial charge in [0.2, 0.25) is 10.0 Å². The molecule has 1 aromatic heterocycles. The zero-order valence-electron chi connectivity index (χ0n) is 13.9. The number of furan rings is 1. The van der Waals surface area contributed by atoms with Crippen molar-refractivity contribution in [3.05, 3.63) is 48.4 Å². The smallest absolute Gasteiger partial charge is 0.279 e. The highest BCUT2D eigenvalue weighted by atomic mass is 32.2. The van der Waals surface area contributed by atoms with Crippen molar-refractivity contribution < 1.29 is 22.9 Å². The SMILES string of the molecule is C[C@@H]([NH2+]CC(=O)Nc1ccc(S(=O)(=O)N(C)C)cc1)c1ccco1. The largest absolute Gasteiger partial charge is 0.463 e. The van der Waals surface area contributed by atoms with Crippen LogP contribution in [0.1, 0.15) is 18.7 Å². The molecule has 2 rings (SSSR count). The molecule has 0 bridgehead atoms. The van der Waals surface area contributed by atoms with E-state index in [1.807, 2.05) is 24.4 Å². The summed E-state index contributed by atoms with van der Waals surface area (Å²) < 4.78 is 30.4. The van der Waals surface area contributed by atoms with Gasteiger partial charge in [-0.1, -0.05) is 0 Å². The second-order valence-corrected chi connectivity index (χ2v) is 7.76. The number of benzene rings is 1. The summed E-state index contributed by atoms with van der Waals surface area (Å²) in [6, 6.07) is 9.80. The Morgan fingerprint density at radius 1 is 1.25 bits per heavy atom. The lowest BCUT2D eigenvalue weighted by Crippen LogP contribution is -2.86. The summed E-state index contributed by atoms with van der Waals surface area (Å²) in [5, 5.41) is 4.60. The molecule has 0 aliphatic heterocycles. The first-order chi connectivity index (χ1) is 11.3. The fraction of sp³-hybridized carbons (Fsp3) is 0.312. The third kappa shape index (κ3) is 4.44. The molecule has 0 radical (unpaired) electrons. The van der Waals surface area contributed by atoms with Crippen LogP contribution in [0.15, 0.2) is 52.0 Å². The van der Waals surface area contributed by atoms with Crippen LogP contribution in [0.25, 0.3) is 0 Å². The molecular weight excluding hydrogens is 330 g/mol. The Hall–Kier alpha value is -2.16. The van der Waals surface area contributed by atoms with Crippen LogP contribution in [0.2, 0.25) is 0 Å². The van der Waals surface area contributed by atoms with E-state index in [-0.39, 0.29) is 23.4 Å². The average Bonchev–Trinajstić information content (AvgIpc) is 3.07. The minimum Gasteiger partial charge on any atom is -0.463 e. The first-order valence-corrected chi connectivity index (χ1v) is 8.94. The number of anilines is 1. The van der Waals surface area contributed by atoms with Gasteiger partial charge in [-0.2, -0.15) is 0 Å². The number of nitrogens with one attached hydrogen (secondary N) is 1. The summed E-state index contributed by atoms with van der Waals surface area (Å²) in [6.07, 6.45) is 1.60. The molecule has 3 N–H and O–H groups in total. The number of hydrogen-bond donors (Lipinski definition) is 2. The number of carbonyl (C=O) groups is 1. The van der Waals surface area contributed by atoms with E-state index in [0.29, 0.717) is 5.69 Å². The van der Waals surface area contributed by atoms with Gasteiger partial charge in [0.1, 0.15) is 6.04 Å². The van der Waals surface area contributed by atoms with E-state index in [2.05, 4.69) is 5.32 Å². The van der Waals surface area contributed by atoms with Crippen LogP contribution >= 0.6 is 0 Å². The van der Waals surface area contributed by atoms with E-state index in [1.165, 1.54) is 26.2 Å². The quantitative estimate of drug-likeness (QED) is 0.770. The monoisotopic (exact) mass is 352 g/mol. The van der Waals surface area contributed by atoms with Crippen LogP contribution in [0, 0.1) is 0 Å². The maximum Gasteiger partial charge on any atom is 0.279 e. The molecule has 0 spiro atoms. The summed E-state index contributed by atoms with van der Waals surface area (Å²) in [5.74, 6) is 0.637. The standard InChI is InChI=1S/C16H21N3O4S/c1-12(15-5-4-10-23-15)17-11-16(20)18-13-6-8-14(9-7-13)24(21,22)19(2)3/h4-10,12,17H,11H2,1-3H3,(H,18,20)/p+1/t12-/m1/s1. The van der Waals surface area contributed by atoms with Crippen LogP contribution in [0.4, 0.5) is 5.69 Å². The Kier molecular flexibility index (Phi) is 5.76. The molecule has 1 amide bonds. The van der Waals surface area contributed by atoms with Crippen molar-refractivity contribution in [2.24, 2.45) is 0 Å². The van der Waals surface area contributed by atoms with Gasteiger partial charge in [0.15, 0.2) is 12.3 Å². The number of hydrogen-bond acceptors (Lipinski definition) is 4. The molecule has 0 aliphatic carbocycles. The van der Waals surface area contributed by atoms with E-state index in [1.54, 1.807) is 18.4 Å². The Balaban J connectivity index is 1.90. The number of nitrogens with two attached hydrogens (primary N) is 1. The van der Waals surface area contributed by atoms with E-state index in [9.17, 15) is 13.2 Å². The van der Waals surface area contributed by atoms with Crippen molar-refractivity contribution in [2.75, 3.05) is 26.0 Å². The van der Waals surface area contributed by atoms with Gasteiger partial charge in [0.25, 0.3) is 5.91 Å². The van der Waals surface area contributed by atoms with Crippen molar-refractivity contribution in [2.45, 2.75) is 17.9 Å². The molecular formula is C16H22N3O4S+. The topological polar surface area (TPSA) is 96.2 Å². The molecule has 0 unspecified atom stereocenters. The van der Waals surface area contributed by atoms with Crippen molar-refractivity contribution in [3.8, 4) is 0 Å². The van der Waals surface area contributed by atoms with Crippen LogP contribution < -0.4 is 10.6 Å². The van der Waals surface area contributed by atoms with Crippen molar-refractivity contribution in [1.29, 1.82) is 0 Å². The summed E-state index contributed by atoms with van der Waals surface area (Å²) >= 11 is 0. The van der Waals surface area contributed by atoms with Crippen molar-refractivity contribution in [1.82, 2.24) is 4.31 Å². The second kappa shape index (κ2) is 7.61. The highest BCUT2D eigenvalue weighted by Crippen LogP contribution is 2.16. The Labute approximate surface area is 141 Å². The Morgan fingerprint density at radius 3 is 2.46 bits per heavy atom. The summed E-state index contributed by atoms with van der Waals surface area (Å²) in [6.45, 7) is 2.19. The van der Waals surface area contributed by atoms with Gasteiger partial charge in [0, 0.05) is 19.8 Å². The first kappa shape index (κ1) is 18.2. The lowest BCUT2D eigenvalue weighted by Gasteiger charge is -2.12. The lowest BCUT2D eigenvalue weighted by molar-refractivity contribution is -0.684. The van der Waals surface area contributed by atoms with Crippen LogP contribution in [0.3, 0.4) is 0 Å². The van der Waals surface area contributed by atoms with Crippen molar-refractivity contribution in [3.63, 3.8) is 0 Å². The fourth-order valence-corrected chi connectivity index (χ4v) is 2.99. The molecule has 0 aliphatic rings. The van der Waals surface area contributed by atoms with E-state index in [4.69, 9.17) is 4.42 Å². The zero-order chi connectivity index (χ0) is 17.7. The second-order valence-electron chi connectivity index (χ2n) is 5.60. The van der Waals surface area contributed by atoms with Gasteiger partial charge < -0.3 is 15.1 Å². The molecule has 130 valence electrons. The summed E-state index contributed by atoms with van der Waals surface area (Å²) in [5.41, 5.74) is 0.553. The number of quaternary nitrogens is 1. The number of sulfonamides is 1. The molecule has 2 aromatic rings. The minimum atomic E-state index is -3.46. The Morgan fingerprint density at radius 2 is 1.92 bits per heavy atom. The van der Waals surface area contributed by atoms with E-state index >= 15 is 0 Å². The van der Waals surface area contributed by atoms with Crippen LogP contribution in [0.5, 0.6) is 0 Å². The van der Waals surface area contributed by atoms with Gasteiger partial charge >= 0.3 is 0 Å². The van der Waals surface area contributed by atoms with Gasteiger partial charge in [0.05, 0.1) is 11.2 Å². The van der Waals surface area contributed by atoms with Gasteiger partial charge in [-0.15, -0.1) is 0 Å². The van der Waals surface area contributed by atoms with Gasteiger partial charge in [-0.05, 0) is 43.3 Å². The highest BCUT2D eigenvalue weighted by molar-refractivity contribution is 7.89. The molecule has 0 fully saturated rings. The fourth-order valence-electron chi connectivity index (χ4n) is 2.08. The molecule has 0 saturated heterocycles. The summed E-state index contributed by atoms with van der Waals surface area (Å²) in [4.78, 5) is 12.2. The van der Waals surface area contributed by atoms with E-state index in [0.717, 1.165) is 10.1 Å². The van der Waals surface area contributed by atoms with Gasteiger partial charge in [-0.3, -0.25) is 4.79 Å². The summed E-state index contributed by atoms with van der Waals surface area (Å²) in [7, 11) is -0.518. The predicted octanol–water partition coefficient (Wildman–Crippen LogP) is 0.793. The molecule has 8 heteroatoms. The first-order valence-electron chi connectivity index (χ1n) is 7.50. The molecule has 24 heavy (non-hydrogen) atoms. The third-order valence-electron chi connectivity index (χ3n) is 3.57. The molecule has 0 saturated carbocycles. The number of carbonyl (C=O) groups excluding carboxylic acids is 1. The number of amides is 1. The minimum absolute atomic E-state index is 0.0401. The zero-order valence-corrected chi connectivity index (χ0v) is 14.7. The number of nitrogens with zero attached hydrogens (tertiary/aromatic N) is 1. The van der Waals surface area contributed by atoms with Crippen LogP contribution in [-0.4, -0.2) is 39.3 Å². The predicted molar refractivity (Wildman–Crippen MR) is 89.9 cm³/mol. The number of rotatable bonds is 7. The Bertz CT molecular complexity index is 768. The van der Waals surface area contributed by atoms with Gasteiger partial charge in [-0.25, -0.2) is 12.7 Å². The molecule has 7 nitrogen and oxygen atoms in total. The maximum absolute atomic E-state index is 12.0. The third-order valence-corrected chi connectivity index (χ3v) is 5.39. The van der Waals surface area contributed by atoms with Crippen LogP contribution in [-0.2, 0) is 14.8 Å². The van der Waals surface area contributed by atoms with E-state index < -0.39 is 10.0 Å².